The van der Waals surface area contributed by atoms with Crippen LogP contribution in [0.1, 0.15) is 95.7 Å². The summed E-state index contributed by atoms with van der Waals surface area (Å²) in [7, 11) is 8.28. The molecule has 1 aromatic heterocycles. The van der Waals surface area contributed by atoms with E-state index in [9.17, 15) is 9.59 Å². The number of unbranched alkanes of at least 4 members (excludes halogenated alkanes) is 6. The van der Waals surface area contributed by atoms with Crippen molar-refractivity contribution in [3.63, 3.8) is 0 Å². The van der Waals surface area contributed by atoms with Crippen molar-refractivity contribution >= 4 is 73.7 Å². The fraction of sp³-hybridized carbons (Fsp3) is 0.282. The summed E-state index contributed by atoms with van der Waals surface area (Å²) in [5.74, 6) is -0.145. The average Bonchev–Trinajstić information content (AvgIpc) is 2.66. The van der Waals surface area contributed by atoms with Crippen LogP contribution in [0, 0.1) is 20.8 Å². The topological polar surface area (TPSA) is 130 Å². The third-order valence-corrected chi connectivity index (χ3v) is 15.6. The van der Waals surface area contributed by atoms with Gasteiger partial charge in [-0.3, -0.25) is 9.59 Å². The normalized spacial score (nSPS) is 12.7. The minimum Gasteiger partial charge on any atom is -0.385 e. The van der Waals surface area contributed by atoms with Crippen molar-refractivity contribution in [2.45, 2.75) is 79.1 Å². The van der Waals surface area contributed by atoms with Crippen molar-refractivity contribution < 1.29 is 14.2 Å². The molecule has 0 spiro atoms. The molecule has 0 radical (unpaired) electrons. The van der Waals surface area contributed by atoms with Crippen LogP contribution in [0.4, 0.5) is 34.1 Å². The van der Waals surface area contributed by atoms with Crippen molar-refractivity contribution in [3.05, 3.63) is 209 Å². The largest absolute Gasteiger partial charge is 0.385 e. The van der Waals surface area contributed by atoms with Crippen LogP contribution in [0.25, 0.3) is 38.9 Å². The second-order valence-corrected chi connectivity index (χ2v) is 22.1. The maximum absolute atomic E-state index is 13.1. The predicted molar refractivity (Wildman–Crippen MR) is 348 cm³/mol. The zero-order chi connectivity index (χ0) is 58.4. The Labute approximate surface area is 491 Å². The Kier molecular flexibility index (Phi) is 19.5. The number of nitrogens with zero attached hydrogens (tertiary/aromatic N) is 5. The second-order valence-electron chi connectivity index (χ2n) is 22.1. The number of allylic oxidation sites excluding steroid dienone is 4. The van der Waals surface area contributed by atoms with Gasteiger partial charge in [0.1, 0.15) is 11.0 Å². The molecule has 12 nitrogen and oxygen atoms in total. The molecule has 0 aliphatic heterocycles. The Morgan fingerprint density at radius 3 is 1.69 bits per heavy atom. The second kappa shape index (κ2) is 27.6. The summed E-state index contributed by atoms with van der Waals surface area (Å²) >= 11 is 0. The number of carbonyl (C=O) groups excluding carboxylic acids is 2. The maximum Gasteiger partial charge on any atom is 0.251 e. The van der Waals surface area contributed by atoms with E-state index < -0.39 is 0 Å². The van der Waals surface area contributed by atoms with Crippen molar-refractivity contribution in [1.29, 1.82) is 0 Å². The first-order chi connectivity index (χ1) is 40.2. The first-order valence-corrected chi connectivity index (χ1v) is 29.3. The lowest BCUT2D eigenvalue weighted by molar-refractivity contribution is -0.538. The highest BCUT2D eigenvalue weighted by Crippen LogP contribution is 2.37. The molecule has 1 aliphatic carbocycles. The Balaban J connectivity index is 0.653. The molecule has 5 N–H and O–H groups in total. The fourth-order valence-electron chi connectivity index (χ4n) is 10.9. The highest BCUT2D eigenvalue weighted by molar-refractivity contribution is 6.14. The molecular formula is C71H81N10O2+. The lowest BCUT2D eigenvalue weighted by atomic mass is 9.96. The molecule has 9 rings (SSSR count). The van der Waals surface area contributed by atoms with Gasteiger partial charge in [-0.2, -0.15) is 0 Å². The molecule has 0 saturated heterocycles. The Morgan fingerprint density at radius 1 is 0.554 bits per heavy atom. The number of para-hydroxylation sites is 2. The molecule has 1 heterocycles. The van der Waals surface area contributed by atoms with Crippen LogP contribution in [-0.2, 0) is 0 Å². The number of nitrogens with one attached hydrogen (secondary N) is 5. The van der Waals surface area contributed by atoms with Crippen molar-refractivity contribution in [2.24, 2.45) is 4.99 Å². The standard InChI is InChI=1S/C71H80N10O2/c1-48-44-63(64(46-66(48)79(6)7)76-57-24-16-14-17-25-57)77-61-38-36-59(50(3)51(61)4)72-40-20-10-12-22-42-74-70(82)55-32-28-53(29-33-55)54-30-34-56(35-31-54)71(83)75-43-23-13-11-21-41-73-60-37-39-62-69(52(60)5)81(58-26-18-15-19-27-58)68-47-67(80(8)9)49(2)45-65(68)78-62/h14-19,24-39,44-47,72,76H,4,10-13,20-23,40-43H2,1-3,5-9H3,(H2,74,75,82,83)/p+1/b77-61-. The quantitative estimate of drug-likeness (QED) is 0.0217. The van der Waals surface area contributed by atoms with Gasteiger partial charge in [0.05, 0.1) is 17.1 Å². The van der Waals surface area contributed by atoms with E-state index in [-0.39, 0.29) is 11.8 Å². The molecule has 1 aliphatic rings. The van der Waals surface area contributed by atoms with Crippen LogP contribution >= 0.6 is 0 Å². The highest BCUT2D eigenvalue weighted by Gasteiger charge is 2.25. The molecule has 0 fully saturated rings. The van der Waals surface area contributed by atoms with E-state index in [4.69, 9.17) is 9.98 Å². The number of anilines is 5. The van der Waals surface area contributed by atoms with E-state index in [1.807, 2.05) is 72.8 Å². The summed E-state index contributed by atoms with van der Waals surface area (Å²) in [4.78, 5) is 40.6. The number of aromatic nitrogens is 2. The third-order valence-electron chi connectivity index (χ3n) is 15.6. The van der Waals surface area contributed by atoms with Crippen LogP contribution in [0.3, 0.4) is 0 Å². The lowest BCUT2D eigenvalue weighted by Gasteiger charge is -2.21. The number of carbonyl (C=O) groups is 2. The minimum atomic E-state index is -0.0739. The molecule has 83 heavy (non-hydrogen) atoms. The SMILES string of the molecule is C=C1C(C)=C(NCCCCCCNC(=O)c2ccc(-c3ccc(C(=O)NCCCCCCNc4ccc5nc6cc(C)c(N(C)C)cc6[n+](-c6ccccc6)c5c4C)cc3)cc2)C=C/C1=N/c1cc(C)c(N(C)C)cc1Nc1ccccc1. The van der Waals surface area contributed by atoms with E-state index in [1.54, 1.807) is 0 Å². The lowest BCUT2D eigenvalue weighted by Crippen LogP contribution is -2.34. The monoisotopic (exact) mass is 1110 g/mol. The zero-order valence-electron chi connectivity index (χ0n) is 49.8. The number of fused-ring (bicyclic) bond motifs is 2. The Morgan fingerprint density at radius 2 is 1.10 bits per heavy atom. The number of amides is 2. The first-order valence-electron chi connectivity index (χ1n) is 29.3. The summed E-state index contributed by atoms with van der Waals surface area (Å²) < 4.78 is 2.35. The Hall–Kier alpha value is -9.03. The summed E-state index contributed by atoms with van der Waals surface area (Å²) in [6, 6.07) is 49.0. The summed E-state index contributed by atoms with van der Waals surface area (Å²) in [5.41, 5.74) is 22.1. The molecule has 2 amide bonds. The van der Waals surface area contributed by atoms with Gasteiger partial charge in [-0.15, -0.1) is 4.57 Å². The number of benzene rings is 7. The van der Waals surface area contributed by atoms with Crippen LogP contribution in [0.15, 0.2) is 186 Å². The zero-order valence-corrected chi connectivity index (χ0v) is 49.8. The van der Waals surface area contributed by atoms with Gasteiger partial charge >= 0.3 is 0 Å². The number of aryl methyl sites for hydroxylation is 3. The van der Waals surface area contributed by atoms with Crippen LogP contribution in [0.2, 0.25) is 0 Å². The van der Waals surface area contributed by atoms with Gasteiger partial charge in [0.15, 0.2) is 0 Å². The van der Waals surface area contributed by atoms with E-state index >= 15 is 0 Å². The van der Waals surface area contributed by atoms with Crippen LogP contribution < -0.4 is 41.0 Å². The smallest absolute Gasteiger partial charge is 0.251 e. The van der Waals surface area contributed by atoms with Crippen molar-refractivity contribution in [3.8, 4) is 16.8 Å². The van der Waals surface area contributed by atoms with Gasteiger partial charge < -0.3 is 36.4 Å². The molecule has 0 bridgehead atoms. The molecule has 12 heteroatoms. The average molecular weight is 1110 g/mol. The molecule has 8 aromatic rings. The molecule has 0 unspecified atom stereocenters. The van der Waals surface area contributed by atoms with Gasteiger partial charge in [0.2, 0.25) is 16.7 Å². The van der Waals surface area contributed by atoms with Gasteiger partial charge in [-0.05, 0) is 166 Å². The van der Waals surface area contributed by atoms with Gasteiger partial charge in [-0.1, -0.05) is 92.9 Å². The van der Waals surface area contributed by atoms with Crippen LogP contribution in [-0.4, -0.2) is 76.9 Å². The number of aliphatic imine (C=N–C) groups is 1. The minimum absolute atomic E-state index is 0.0709. The van der Waals surface area contributed by atoms with E-state index in [0.29, 0.717) is 24.2 Å². The molecule has 7 aromatic carbocycles. The van der Waals surface area contributed by atoms with Crippen molar-refractivity contribution in [1.82, 2.24) is 20.9 Å². The number of rotatable bonds is 25. The number of hydrogen-bond acceptors (Lipinski definition) is 9. The van der Waals surface area contributed by atoms with Gasteiger partial charge in [0, 0.05) is 118 Å². The predicted octanol–water partition coefficient (Wildman–Crippen LogP) is 14.6. The third kappa shape index (κ3) is 14.5. The molecule has 426 valence electrons. The molecule has 0 saturated carbocycles. The summed E-state index contributed by atoms with van der Waals surface area (Å²) in [6.45, 7) is 15.9. The molecule has 0 atom stereocenters. The molecular weight excluding hydrogens is 1020 g/mol. The Bertz CT molecular complexity index is 3700. The van der Waals surface area contributed by atoms with E-state index in [0.717, 1.165) is 160 Å². The fourth-order valence-corrected chi connectivity index (χ4v) is 10.9. The maximum atomic E-state index is 13.1. The van der Waals surface area contributed by atoms with Gasteiger partial charge in [-0.25, -0.2) is 9.98 Å². The number of hydrogen-bond donors (Lipinski definition) is 5. The van der Waals surface area contributed by atoms with Crippen molar-refractivity contribution in [2.75, 3.05) is 74.8 Å². The van der Waals surface area contributed by atoms with Gasteiger partial charge in [0.25, 0.3) is 11.8 Å². The first kappa shape index (κ1) is 58.6. The summed E-state index contributed by atoms with van der Waals surface area (Å²) in [6.07, 6.45) is 12.2. The van der Waals surface area contributed by atoms with E-state index in [1.165, 1.54) is 16.8 Å². The summed E-state index contributed by atoms with van der Waals surface area (Å²) in [5, 5.41) is 17.1. The van der Waals surface area contributed by atoms with E-state index in [2.05, 4.69) is 188 Å². The van der Waals surface area contributed by atoms with Crippen LogP contribution in [0.5, 0.6) is 0 Å². The highest BCUT2D eigenvalue weighted by atomic mass is 16.2.